The molecule has 0 heterocycles. The molecule has 0 spiro atoms. The summed E-state index contributed by atoms with van der Waals surface area (Å²) >= 11 is 0. The number of aromatic hydroxyl groups is 4. The van der Waals surface area contributed by atoms with Crippen LogP contribution in [-0.4, -0.2) is 46.6 Å². The van der Waals surface area contributed by atoms with E-state index in [1.54, 1.807) is 24.3 Å². The number of phenols is 4. The molecule has 136 valence electrons. The van der Waals surface area contributed by atoms with Crippen molar-refractivity contribution in [2.24, 2.45) is 0 Å². The van der Waals surface area contributed by atoms with Gasteiger partial charge in [-0.1, -0.05) is 24.3 Å². The predicted octanol–water partition coefficient (Wildman–Crippen LogP) is 0.978. The van der Waals surface area contributed by atoms with Crippen molar-refractivity contribution in [3.05, 3.63) is 47.5 Å². The molecule has 0 aliphatic carbocycles. The molecule has 0 aromatic heterocycles. The Balaban J connectivity index is 1.52. The van der Waals surface area contributed by atoms with Crippen LogP contribution in [0, 0.1) is 0 Å². The first-order valence-electron chi connectivity index (χ1n) is 8.21. The molecule has 0 aliphatic heterocycles. The van der Waals surface area contributed by atoms with Crippen LogP contribution in [0.1, 0.15) is 11.1 Å². The zero-order valence-corrected chi connectivity index (χ0v) is 14.0. The number of rotatable bonds is 10. The van der Waals surface area contributed by atoms with Crippen molar-refractivity contribution in [2.75, 3.05) is 26.2 Å². The zero-order valence-electron chi connectivity index (χ0n) is 14.0. The van der Waals surface area contributed by atoms with Gasteiger partial charge in [0.1, 0.15) is 0 Å². The summed E-state index contributed by atoms with van der Waals surface area (Å²) in [5.41, 5.74) is 1.32. The fourth-order valence-electron chi connectivity index (χ4n) is 2.37. The minimum Gasteiger partial charge on any atom is -0.504 e. The van der Waals surface area contributed by atoms with Gasteiger partial charge in [-0.15, -0.1) is 0 Å². The predicted molar refractivity (Wildman–Crippen MR) is 95.8 cm³/mol. The molecule has 7 nitrogen and oxygen atoms in total. The van der Waals surface area contributed by atoms with E-state index in [1.165, 1.54) is 12.1 Å². The highest BCUT2D eigenvalue weighted by Crippen LogP contribution is 2.28. The lowest BCUT2D eigenvalue weighted by Gasteiger charge is -2.10. The van der Waals surface area contributed by atoms with Gasteiger partial charge in [-0.25, -0.2) is 0 Å². The lowest BCUT2D eigenvalue weighted by Crippen LogP contribution is -2.32. The zero-order chi connectivity index (χ0) is 18.1. The van der Waals surface area contributed by atoms with Crippen molar-refractivity contribution in [1.29, 1.82) is 0 Å². The van der Waals surface area contributed by atoms with Crippen LogP contribution in [0.4, 0.5) is 0 Å². The Bertz CT molecular complexity index is 622. The van der Waals surface area contributed by atoms with Crippen LogP contribution in [-0.2, 0) is 13.1 Å². The van der Waals surface area contributed by atoms with E-state index in [1.807, 2.05) is 0 Å². The van der Waals surface area contributed by atoms with Crippen molar-refractivity contribution in [3.8, 4) is 23.0 Å². The molecule has 0 saturated heterocycles. The van der Waals surface area contributed by atoms with Crippen molar-refractivity contribution < 1.29 is 20.4 Å². The molecular weight excluding hydrogens is 322 g/mol. The van der Waals surface area contributed by atoms with Gasteiger partial charge >= 0.3 is 0 Å². The maximum absolute atomic E-state index is 9.68. The Kier molecular flexibility index (Phi) is 7.34. The lowest BCUT2D eigenvalue weighted by atomic mass is 10.2. The van der Waals surface area contributed by atoms with Crippen LogP contribution in [0.3, 0.4) is 0 Å². The molecule has 2 aromatic rings. The van der Waals surface area contributed by atoms with E-state index in [0.29, 0.717) is 24.2 Å². The maximum atomic E-state index is 9.68. The van der Waals surface area contributed by atoms with Gasteiger partial charge in [-0.3, -0.25) is 0 Å². The fourth-order valence-corrected chi connectivity index (χ4v) is 2.37. The summed E-state index contributed by atoms with van der Waals surface area (Å²) in [7, 11) is 0. The van der Waals surface area contributed by atoms with Crippen LogP contribution < -0.4 is 16.0 Å². The molecule has 25 heavy (non-hydrogen) atoms. The molecule has 0 amide bonds. The van der Waals surface area contributed by atoms with E-state index in [0.717, 1.165) is 26.2 Å². The van der Waals surface area contributed by atoms with Gasteiger partial charge in [0.2, 0.25) is 0 Å². The minimum absolute atomic E-state index is 0.0811. The Labute approximate surface area is 147 Å². The normalized spacial score (nSPS) is 10.9. The molecule has 0 saturated carbocycles. The van der Waals surface area contributed by atoms with Gasteiger partial charge in [0.05, 0.1) is 0 Å². The summed E-state index contributed by atoms with van der Waals surface area (Å²) in [5.74, 6) is -0.382. The van der Waals surface area contributed by atoms with E-state index >= 15 is 0 Å². The molecule has 0 bridgehead atoms. The Morgan fingerprint density at radius 2 is 0.960 bits per heavy atom. The van der Waals surface area contributed by atoms with Crippen LogP contribution >= 0.6 is 0 Å². The van der Waals surface area contributed by atoms with Crippen molar-refractivity contribution in [1.82, 2.24) is 16.0 Å². The molecule has 7 N–H and O–H groups in total. The second kappa shape index (κ2) is 9.73. The molecule has 0 fully saturated rings. The highest BCUT2D eigenvalue weighted by atomic mass is 16.3. The highest BCUT2D eigenvalue weighted by molar-refractivity contribution is 5.44. The Morgan fingerprint density at radius 3 is 1.40 bits per heavy atom. The SMILES string of the molecule is Oc1cccc(CNCCNCCNCc2cccc(O)c2O)c1O. The summed E-state index contributed by atoms with van der Waals surface area (Å²) in [6.45, 7) is 3.94. The van der Waals surface area contributed by atoms with Crippen LogP contribution in [0.2, 0.25) is 0 Å². The number of hydrogen-bond donors (Lipinski definition) is 7. The van der Waals surface area contributed by atoms with Crippen LogP contribution in [0.5, 0.6) is 23.0 Å². The van der Waals surface area contributed by atoms with Crippen molar-refractivity contribution in [3.63, 3.8) is 0 Å². The van der Waals surface area contributed by atoms with Gasteiger partial charge in [-0.2, -0.15) is 0 Å². The molecule has 7 heteroatoms. The van der Waals surface area contributed by atoms with Crippen LogP contribution in [0.25, 0.3) is 0 Å². The van der Waals surface area contributed by atoms with Gasteiger partial charge in [0.15, 0.2) is 23.0 Å². The highest BCUT2D eigenvalue weighted by Gasteiger charge is 2.05. The number of benzene rings is 2. The molecule has 2 rings (SSSR count). The largest absolute Gasteiger partial charge is 0.504 e. The minimum atomic E-state index is -0.110. The summed E-state index contributed by atoms with van der Waals surface area (Å²) in [5, 5.41) is 47.8. The number of nitrogens with one attached hydrogen (secondary N) is 3. The van der Waals surface area contributed by atoms with E-state index in [-0.39, 0.29) is 23.0 Å². The molecule has 0 radical (unpaired) electrons. The third kappa shape index (κ3) is 5.82. The second-order valence-corrected chi connectivity index (χ2v) is 5.67. The monoisotopic (exact) mass is 347 g/mol. The molecule has 0 unspecified atom stereocenters. The van der Waals surface area contributed by atoms with Crippen LogP contribution in [0.15, 0.2) is 36.4 Å². The second-order valence-electron chi connectivity index (χ2n) is 5.67. The Morgan fingerprint density at radius 1 is 0.560 bits per heavy atom. The topological polar surface area (TPSA) is 117 Å². The first-order valence-corrected chi connectivity index (χ1v) is 8.21. The molecule has 2 aromatic carbocycles. The molecule has 0 atom stereocenters. The standard InChI is InChI=1S/C18H25N3O4/c22-15-5-1-3-13(17(15)24)11-20-9-7-19-8-10-21-12-14-4-2-6-16(23)18(14)25/h1-6,19-25H,7-12H2. The average Bonchev–Trinajstić information content (AvgIpc) is 2.60. The summed E-state index contributed by atoms with van der Waals surface area (Å²) in [6, 6.07) is 9.81. The van der Waals surface area contributed by atoms with E-state index in [4.69, 9.17) is 0 Å². The van der Waals surface area contributed by atoms with Crippen molar-refractivity contribution >= 4 is 0 Å². The smallest absolute Gasteiger partial charge is 0.161 e. The van der Waals surface area contributed by atoms with Gasteiger partial charge in [-0.05, 0) is 12.1 Å². The van der Waals surface area contributed by atoms with E-state index < -0.39 is 0 Å². The fraction of sp³-hybridized carbons (Fsp3) is 0.333. The first kappa shape index (κ1) is 18.9. The van der Waals surface area contributed by atoms with Gasteiger partial charge < -0.3 is 36.4 Å². The lowest BCUT2D eigenvalue weighted by molar-refractivity contribution is 0.397. The van der Waals surface area contributed by atoms with E-state index in [2.05, 4.69) is 16.0 Å². The quantitative estimate of drug-likeness (QED) is 0.253. The summed E-state index contributed by atoms with van der Waals surface area (Å²) in [4.78, 5) is 0. The maximum Gasteiger partial charge on any atom is 0.161 e. The average molecular weight is 347 g/mol. The van der Waals surface area contributed by atoms with Gasteiger partial charge in [0.25, 0.3) is 0 Å². The molecule has 0 aliphatic rings. The Hall–Kier alpha value is -2.48. The van der Waals surface area contributed by atoms with Gasteiger partial charge in [0, 0.05) is 50.4 Å². The molecular formula is C18H25N3O4. The third-order valence-electron chi connectivity index (χ3n) is 3.78. The number of para-hydroxylation sites is 2. The van der Waals surface area contributed by atoms with E-state index in [9.17, 15) is 20.4 Å². The summed E-state index contributed by atoms with van der Waals surface area (Å²) in [6.07, 6.45) is 0. The number of hydrogen-bond acceptors (Lipinski definition) is 7. The summed E-state index contributed by atoms with van der Waals surface area (Å²) < 4.78 is 0. The first-order chi connectivity index (χ1) is 12.1. The van der Waals surface area contributed by atoms with Crippen molar-refractivity contribution in [2.45, 2.75) is 13.1 Å². The third-order valence-corrected chi connectivity index (χ3v) is 3.78. The number of phenolic OH excluding ortho intramolecular Hbond substituents is 4.